The van der Waals surface area contributed by atoms with Crippen molar-refractivity contribution >= 4 is 17.8 Å². The van der Waals surface area contributed by atoms with Crippen molar-refractivity contribution < 1.29 is 24.2 Å². The molecule has 2 heterocycles. The topological polar surface area (TPSA) is 87.2 Å². The van der Waals surface area contributed by atoms with Crippen molar-refractivity contribution in [2.45, 2.75) is 44.8 Å². The summed E-state index contributed by atoms with van der Waals surface area (Å²) in [5.74, 6) is -0.529. The van der Waals surface area contributed by atoms with Crippen molar-refractivity contribution in [2.24, 2.45) is 0 Å². The Hall–Kier alpha value is -2.57. The van der Waals surface area contributed by atoms with Crippen LogP contribution in [0.15, 0.2) is 24.3 Å². The van der Waals surface area contributed by atoms with E-state index < -0.39 is 12.1 Å². The maximum atomic E-state index is 12.8. The third-order valence-corrected chi connectivity index (χ3v) is 5.08. The van der Waals surface area contributed by atoms with E-state index >= 15 is 0 Å². The van der Waals surface area contributed by atoms with Crippen LogP contribution in [0.1, 0.15) is 31.7 Å². The fourth-order valence-electron chi connectivity index (χ4n) is 3.78. The van der Waals surface area contributed by atoms with Crippen LogP contribution in [0.5, 0.6) is 5.75 Å². The number of nitrogens with zero attached hydrogens (tertiary/aromatic N) is 2. The van der Waals surface area contributed by atoms with Crippen molar-refractivity contribution in [3.8, 4) is 5.75 Å². The summed E-state index contributed by atoms with van der Waals surface area (Å²) in [5.41, 5.74) is 1.04. The molecule has 3 rings (SSSR count). The van der Waals surface area contributed by atoms with Crippen molar-refractivity contribution in [3.05, 3.63) is 29.8 Å². The molecule has 1 fully saturated rings. The second-order valence-electron chi connectivity index (χ2n) is 6.87. The van der Waals surface area contributed by atoms with Gasteiger partial charge in [0.15, 0.2) is 6.10 Å². The first kappa shape index (κ1) is 18.2. The summed E-state index contributed by atoms with van der Waals surface area (Å²) in [6.45, 7) is 2.20. The lowest BCUT2D eigenvalue weighted by atomic mass is 10.1. The molecule has 1 aromatic carbocycles. The predicted molar refractivity (Wildman–Crippen MR) is 93.8 cm³/mol. The van der Waals surface area contributed by atoms with Crippen LogP contribution >= 0.6 is 0 Å². The van der Waals surface area contributed by atoms with E-state index in [1.807, 2.05) is 24.3 Å². The van der Waals surface area contributed by atoms with E-state index in [-0.39, 0.29) is 24.4 Å². The molecule has 7 heteroatoms. The molecule has 0 saturated carbocycles. The van der Waals surface area contributed by atoms with Crippen LogP contribution in [0.3, 0.4) is 0 Å². The normalized spacial score (nSPS) is 22.1. The number of aliphatic carboxylic acids is 1. The zero-order valence-electron chi connectivity index (χ0n) is 14.9. The highest BCUT2D eigenvalue weighted by Crippen LogP contribution is 2.29. The van der Waals surface area contributed by atoms with Crippen LogP contribution in [-0.4, -0.2) is 64.5 Å². The Labute approximate surface area is 152 Å². The number of para-hydroxylation sites is 1. The van der Waals surface area contributed by atoms with Crippen LogP contribution in [0.2, 0.25) is 0 Å². The number of likely N-dealkylation sites (tertiary alicyclic amines) is 1. The first-order valence-electron chi connectivity index (χ1n) is 8.98. The van der Waals surface area contributed by atoms with Gasteiger partial charge in [-0.1, -0.05) is 18.2 Å². The van der Waals surface area contributed by atoms with Crippen LogP contribution in [0.25, 0.3) is 0 Å². The second kappa shape index (κ2) is 7.76. The molecule has 1 N–H and O–H groups in total. The summed E-state index contributed by atoms with van der Waals surface area (Å²) < 4.78 is 5.79. The third kappa shape index (κ3) is 3.98. The van der Waals surface area contributed by atoms with Crippen LogP contribution < -0.4 is 4.74 Å². The number of carboxylic acid groups (broad SMARTS) is 1. The van der Waals surface area contributed by atoms with Gasteiger partial charge in [-0.05, 0) is 30.9 Å². The highest BCUT2D eigenvalue weighted by molar-refractivity contribution is 5.83. The number of rotatable bonds is 4. The molecule has 140 valence electrons. The van der Waals surface area contributed by atoms with Gasteiger partial charge in [-0.25, -0.2) is 0 Å². The number of carbonyl (C=O) groups is 3. The van der Waals surface area contributed by atoms with Crippen LogP contribution in [0.4, 0.5) is 0 Å². The molecule has 0 spiro atoms. The number of carboxylic acids is 1. The summed E-state index contributed by atoms with van der Waals surface area (Å²) in [6, 6.07) is 7.52. The zero-order chi connectivity index (χ0) is 18.7. The SMILES string of the molecule is CC(=O)N(CC(=O)O)C1CCCN(C(=O)C2Cc3ccccc3O2)CC1. The van der Waals surface area contributed by atoms with Crippen molar-refractivity contribution in [1.29, 1.82) is 0 Å². The monoisotopic (exact) mass is 360 g/mol. The highest BCUT2D eigenvalue weighted by Gasteiger charge is 2.34. The molecule has 1 aromatic rings. The minimum Gasteiger partial charge on any atom is -0.480 e. The largest absolute Gasteiger partial charge is 0.480 e. The van der Waals surface area contributed by atoms with Gasteiger partial charge in [-0.15, -0.1) is 0 Å². The smallest absolute Gasteiger partial charge is 0.323 e. The van der Waals surface area contributed by atoms with E-state index in [2.05, 4.69) is 0 Å². The lowest BCUT2D eigenvalue weighted by molar-refractivity contribution is -0.145. The summed E-state index contributed by atoms with van der Waals surface area (Å²) in [6.07, 6.45) is 2.10. The molecule has 0 aliphatic carbocycles. The molecule has 1 saturated heterocycles. The number of ether oxygens (including phenoxy) is 1. The number of hydrogen-bond acceptors (Lipinski definition) is 4. The van der Waals surface area contributed by atoms with Gasteiger partial charge in [0.25, 0.3) is 5.91 Å². The summed E-state index contributed by atoms with van der Waals surface area (Å²) >= 11 is 0. The van der Waals surface area contributed by atoms with E-state index in [1.54, 1.807) is 4.90 Å². The van der Waals surface area contributed by atoms with Gasteiger partial charge < -0.3 is 19.6 Å². The number of hydrogen-bond donors (Lipinski definition) is 1. The number of carbonyl (C=O) groups excluding carboxylic acids is 2. The van der Waals surface area contributed by atoms with Gasteiger partial charge in [-0.2, -0.15) is 0 Å². The van der Waals surface area contributed by atoms with Gasteiger partial charge in [0.05, 0.1) is 0 Å². The second-order valence-corrected chi connectivity index (χ2v) is 6.87. The van der Waals surface area contributed by atoms with Gasteiger partial charge in [-0.3, -0.25) is 14.4 Å². The van der Waals surface area contributed by atoms with Crippen molar-refractivity contribution in [3.63, 3.8) is 0 Å². The van der Waals surface area contributed by atoms with E-state index in [1.165, 1.54) is 11.8 Å². The summed E-state index contributed by atoms with van der Waals surface area (Å²) in [4.78, 5) is 38.9. The molecule has 7 nitrogen and oxygen atoms in total. The van der Waals surface area contributed by atoms with E-state index in [4.69, 9.17) is 9.84 Å². The average Bonchev–Trinajstić information content (AvgIpc) is 2.89. The predicted octanol–water partition coefficient (Wildman–Crippen LogP) is 1.30. The Morgan fingerprint density at radius 1 is 1.23 bits per heavy atom. The Morgan fingerprint density at radius 3 is 2.69 bits per heavy atom. The highest BCUT2D eigenvalue weighted by atomic mass is 16.5. The zero-order valence-corrected chi connectivity index (χ0v) is 14.9. The summed E-state index contributed by atoms with van der Waals surface area (Å²) in [5, 5.41) is 9.03. The molecule has 0 bridgehead atoms. The quantitative estimate of drug-likeness (QED) is 0.875. The molecule has 0 radical (unpaired) electrons. The lowest BCUT2D eigenvalue weighted by Crippen LogP contribution is -2.44. The van der Waals surface area contributed by atoms with Gasteiger partial charge in [0.1, 0.15) is 12.3 Å². The minimum absolute atomic E-state index is 0.0329. The van der Waals surface area contributed by atoms with Gasteiger partial charge in [0, 0.05) is 32.5 Å². The molecular formula is C19H24N2O5. The third-order valence-electron chi connectivity index (χ3n) is 5.08. The average molecular weight is 360 g/mol. The summed E-state index contributed by atoms with van der Waals surface area (Å²) in [7, 11) is 0. The Kier molecular flexibility index (Phi) is 5.44. The van der Waals surface area contributed by atoms with E-state index in [9.17, 15) is 14.4 Å². The number of benzene rings is 1. The van der Waals surface area contributed by atoms with E-state index in [0.717, 1.165) is 17.7 Å². The fourth-order valence-corrected chi connectivity index (χ4v) is 3.78. The molecular weight excluding hydrogens is 336 g/mol. The van der Waals surface area contributed by atoms with Crippen LogP contribution in [-0.2, 0) is 20.8 Å². The molecule has 2 aliphatic heterocycles. The molecule has 2 atom stereocenters. The number of amides is 2. The molecule has 2 aliphatic rings. The van der Waals surface area contributed by atoms with Gasteiger partial charge in [0.2, 0.25) is 5.91 Å². The molecule has 2 unspecified atom stereocenters. The Bertz CT molecular complexity index is 680. The maximum absolute atomic E-state index is 12.8. The lowest BCUT2D eigenvalue weighted by Gasteiger charge is -2.29. The Balaban J connectivity index is 1.61. The van der Waals surface area contributed by atoms with Gasteiger partial charge >= 0.3 is 5.97 Å². The minimum atomic E-state index is -1.02. The van der Waals surface area contributed by atoms with Crippen LogP contribution in [0, 0.1) is 0 Å². The molecule has 26 heavy (non-hydrogen) atoms. The maximum Gasteiger partial charge on any atom is 0.323 e. The molecule has 0 aromatic heterocycles. The standard InChI is InChI=1S/C19H24N2O5/c1-13(22)21(12-18(23)24)15-6-4-9-20(10-8-15)19(25)17-11-14-5-2-3-7-16(14)26-17/h2-3,5,7,15,17H,4,6,8-12H2,1H3,(H,23,24). The first-order chi connectivity index (χ1) is 12.5. The van der Waals surface area contributed by atoms with Crippen molar-refractivity contribution in [2.75, 3.05) is 19.6 Å². The fraction of sp³-hybridized carbons (Fsp3) is 0.526. The Morgan fingerprint density at radius 2 is 2.00 bits per heavy atom. The van der Waals surface area contributed by atoms with E-state index in [0.29, 0.717) is 32.4 Å². The first-order valence-corrected chi connectivity index (χ1v) is 8.98. The van der Waals surface area contributed by atoms with Crippen molar-refractivity contribution in [1.82, 2.24) is 9.80 Å². The number of fused-ring (bicyclic) bond motifs is 1. The molecule has 2 amide bonds.